The number of aldehydes is 1. The zero-order valence-corrected chi connectivity index (χ0v) is 11.1. The molecule has 0 fully saturated rings. The predicted octanol–water partition coefficient (Wildman–Crippen LogP) is 3.88. The van der Waals surface area contributed by atoms with Crippen molar-refractivity contribution in [1.82, 2.24) is 0 Å². The number of hydrogen-bond acceptors (Lipinski definition) is 4. The highest BCUT2D eigenvalue weighted by Gasteiger charge is 2.08. The van der Waals surface area contributed by atoms with Crippen molar-refractivity contribution < 1.29 is 9.53 Å². The molecule has 0 aromatic heterocycles. The van der Waals surface area contributed by atoms with E-state index in [0.29, 0.717) is 28.9 Å². The molecule has 0 unspecified atom stereocenters. The molecule has 0 N–H and O–H groups in total. The summed E-state index contributed by atoms with van der Waals surface area (Å²) < 4.78 is 5.76. The molecule has 0 spiro atoms. The molecule has 2 aromatic rings. The predicted molar refractivity (Wildman–Crippen MR) is 74.8 cm³/mol. The van der Waals surface area contributed by atoms with Crippen molar-refractivity contribution in [3.8, 4) is 17.6 Å². The Hall–Kier alpha value is -2.25. The van der Waals surface area contributed by atoms with Gasteiger partial charge in [-0.3, -0.25) is 4.79 Å². The van der Waals surface area contributed by atoms with Crippen LogP contribution < -0.4 is 4.74 Å². The molecule has 0 aliphatic rings. The smallest absolute Gasteiger partial charge is 0.150 e. The van der Waals surface area contributed by atoms with Crippen LogP contribution in [-0.2, 0) is 0 Å². The first-order chi connectivity index (χ1) is 9.28. The normalized spacial score (nSPS) is 9.68. The van der Waals surface area contributed by atoms with Gasteiger partial charge in [0.15, 0.2) is 0 Å². The first-order valence-corrected chi connectivity index (χ1v) is 6.81. The maximum Gasteiger partial charge on any atom is 0.150 e. The van der Waals surface area contributed by atoms with Crippen molar-refractivity contribution in [2.75, 3.05) is 6.26 Å². The highest BCUT2D eigenvalue weighted by molar-refractivity contribution is 7.98. The van der Waals surface area contributed by atoms with Crippen LogP contribution in [0.25, 0.3) is 0 Å². The lowest BCUT2D eigenvalue weighted by atomic mass is 10.1. The van der Waals surface area contributed by atoms with Crippen LogP contribution in [0.1, 0.15) is 15.9 Å². The average Bonchev–Trinajstić information content (AvgIpc) is 2.48. The van der Waals surface area contributed by atoms with Crippen LogP contribution in [0.4, 0.5) is 0 Å². The lowest BCUT2D eigenvalue weighted by Crippen LogP contribution is -1.91. The van der Waals surface area contributed by atoms with Crippen molar-refractivity contribution in [3.63, 3.8) is 0 Å². The number of rotatable bonds is 4. The Balaban J connectivity index is 2.38. The number of nitrogens with zero attached hydrogens (tertiary/aromatic N) is 1. The molecule has 2 aromatic carbocycles. The van der Waals surface area contributed by atoms with Crippen LogP contribution in [0.3, 0.4) is 0 Å². The van der Waals surface area contributed by atoms with Gasteiger partial charge in [0.1, 0.15) is 23.9 Å². The molecule has 0 saturated heterocycles. The van der Waals surface area contributed by atoms with Gasteiger partial charge in [-0.05, 0) is 36.6 Å². The minimum atomic E-state index is 0.348. The number of nitriles is 1. The number of para-hydroxylation sites is 1. The summed E-state index contributed by atoms with van der Waals surface area (Å²) in [6.45, 7) is 0. The first kappa shape index (κ1) is 13.2. The Kier molecular flexibility index (Phi) is 4.22. The van der Waals surface area contributed by atoms with Crippen LogP contribution in [0.2, 0.25) is 0 Å². The Morgan fingerprint density at radius 1 is 1.21 bits per heavy atom. The summed E-state index contributed by atoms with van der Waals surface area (Å²) in [7, 11) is 0. The summed E-state index contributed by atoms with van der Waals surface area (Å²) in [4.78, 5) is 11.7. The van der Waals surface area contributed by atoms with E-state index in [-0.39, 0.29) is 0 Å². The van der Waals surface area contributed by atoms with Gasteiger partial charge in [-0.25, -0.2) is 0 Å². The molecule has 2 rings (SSSR count). The molecule has 94 valence electrons. The maximum atomic E-state index is 10.7. The van der Waals surface area contributed by atoms with E-state index in [9.17, 15) is 4.79 Å². The maximum absolute atomic E-state index is 10.7. The summed E-state index contributed by atoms with van der Waals surface area (Å²) >= 11 is 1.57. The van der Waals surface area contributed by atoms with Crippen LogP contribution in [-0.4, -0.2) is 12.5 Å². The second-order valence-electron chi connectivity index (χ2n) is 3.74. The molecule has 0 atom stereocenters. The molecule has 4 heteroatoms. The van der Waals surface area contributed by atoms with Gasteiger partial charge in [0.2, 0.25) is 0 Å². The van der Waals surface area contributed by atoms with Gasteiger partial charge in [0.25, 0.3) is 0 Å². The second kappa shape index (κ2) is 6.07. The van der Waals surface area contributed by atoms with Gasteiger partial charge in [0.05, 0.1) is 5.56 Å². The fourth-order valence-electron chi connectivity index (χ4n) is 1.62. The molecule has 19 heavy (non-hydrogen) atoms. The van der Waals surface area contributed by atoms with E-state index in [1.807, 2.05) is 36.6 Å². The van der Waals surface area contributed by atoms with Crippen molar-refractivity contribution in [2.24, 2.45) is 0 Å². The fourth-order valence-corrected chi connectivity index (χ4v) is 2.14. The number of thioether (sulfide) groups is 1. The number of carbonyl (C=O) groups excluding carboxylic acids is 1. The Morgan fingerprint density at radius 2 is 2.00 bits per heavy atom. The Bertz CT molecular complexity index is 647. The van der Waals surface area contributed by atoms with Crippen LogP contribution in [0.15, 0.2) is 47.4 Å². The number of hydrogen-bond donors (Lipinski definition) is 0. The van der Waals surface area contributed by atoms with E-state index >= 15 is 0 Å². The third-order valence-corrected chi connectivity index (χ3v) is 3.33. The fraction of sp³-hybridized carbons (Fsp3) is 0.0667. The van der Waals surface area contributed by atoms with Gasteiger partial charge < -0.3 is 4.74 Å². The van der Waals surface area contributed by atoms with E-state index in [4.69, 9.17) is 10.00 Å². The van der Waals surface area contributed by atoms with Crippen molar-refractivity contribution >= 4 is 18.0 Å². The molecule has 3 nitrogen and oxygen atoms in total. The Morgan fingerprint density at radius 3 is 2.68 bits per heavy atom. The summed E-state index contributed by atoms with van der Waals surface area (Å²) in [5.41, 5.74) is 0.808. The van der Waals surface area contributed by atoms with Crippen LogP contribution >= 0.6 is 11.8 Å². The van der Waals surface area contributed by atoms with Gasteiger partial charge >= 0.3 is 0 Å². The van der Waals surface area contributed by atoms with Crippen molar-refractivity contribution in [2.45, 2.75) is 4.90 Å². The lowest BCUT2D eigenvalue weighted by Gasteiger charge is -2.10. The highest BCUT2D eigenvalue weighted by atomic mass is 32.2. The molecule has 0 aliphatic carbocycles. The molecule has 0 amide bonds. The van der Waals surface area contributed by atoms with Crippen LogP contribution in [0.5, 0.6) is 11.5 Å². The van der Waals surface area contributed by atoms with Gasteiger partial charge in [-0.2, -0.15) is 5.26 Å². The minimum absolute atomic E-state index is 0.348. The van der Waals surface area contributed by atoms with E-state index < -0.39 is 0 Å². The molecule has 0 radical (unpaired) electrons. The van der Waals surface area contributed by atoms with E-state index in [2.05, 4.69) is 0 Å². The molecule has 0 bridgehead atoms. The number of carbonyl (C=O) groups is 1. The SMILES string of the molecule is CSc1ccccc1Oc1ccc(C=O)cc1C#N. The van der Waals surface area contributed by atoms with E-state index in [1.165, 1.54) is 6.07 Å². The Labute approximate surface area is 115 Å². The number of ether oxygens (including phenoxy) is 1. The average molecular weight is 269 g/mol. The van der Waals surface area contributed by atoms with Gasteiger partial charge in [0, 0.05) is 10.5 Å². The van der Waals surface area contributed by atoms with Crippen molar-refractivity contribution in [1.29, 1.82) is 5.26 Å². The van der Waals surface area contributed by atoms with Crippen LogP contribution in [0, 0.1) is 11.3 Å². The highest BCUT2D eigenvalue weighted by Crippen LogP contribution is 2.32. The third kappa shape index (κ3) is 2.95. The standard InChI is InChI=1S/C15H11NO2S/c1-19-15-5-3-2-4-14(15)18-13-7-6-11(10-17)8-12(13)9-16/h2-8,10H,1H3. The zero-order chi connectivity index (χ0) is 13.7. The first-order valence-electron chi connectivity index (χ1n) is 5.58. The second-order valence-corrected chi connectivity index (χ2v) is 4.59. The summed E-state index contributed by atoms with van der Waals surface area (Å²) in [6, 6.07) is 14.4. The molecular weight excluding hydrogens is 258 g/mol. The van der Waals surface area contributed by atoms with Crippen molar-refractivity contribution in [3.05, 3.63) is 53.6 Å². The summed E-state index contributed by atoms with van der Waals surface area (Å²) in [5.74, 6) is 1.15. The molecule has 0 saturated carbocycles. The molecule has 0 heterocycles. The summed E-state index contributed by atoms with van der Waals surface area (Å²) in [5, 5.41) is 9.09. The third-order valence-electron chi connectivity index (χ3n) is 2.55. The van der Waals surface area contributed by atoms with Gasteiger partial charge in [-0.1, -0.05) is 12.1 Å². The molecular formula is C15H11NO2S. The minimum Gasteiger partial charge on any atom is -0.455 e. The quantitative estimate of drug-likeness (QED) is 0.624. The number of benzene rings is 2. The monoisotopic (exact) mass is 269 g/mol. The van der Waals surface area contributed by atoms with Gasteiger partial charge in [-0.15, -0.1) is 11.8 Å². The summed E-state index contributed by atoms with van der Waals surface area (Å²) in [6.07, 6.45) is 2.67. The topological polar surface area (TPSA) is 50.1 Å². The van der Waals surface area contributed by atoms with E-state index in [1.54, 1.807) is 23.9 Å². The lowest BCUT2D eigenvalue weighted by molar-refractivity contribution is 0.112. The molecule has 0 aliphatic heterocycles. The zero-order valence-electron chi connectivity index (χ0n) is 10.3. The van der Waals surface area contributed by atoms with E-state index in [0.717, 1.165) is 4.90 Å². The largest absolute Gasteiger partial charge is 0.455 e.